The molecule has 4 rings (SSSR count). The van der Waals surface area contributed by atoms with Crippen LogP contribution in [0.15, 0.2) is 55.2 Å². The summed E-state index contributed by atoms with van der Waals surface area (Å²) in [6.45, 7) is 3.93. The van der Waals surface area contributed by atoms with E-state index in [0.29, 0.717) is 17.2 Å². The van der Waals surface area contributed by atoms with Gasteiger partial charge in [-0.15, -0.1) is 8.78 Å². The zero-order valence-corrected chi connectivity index (χ0v) is 17.2. The van der Waals surface area contributed by atoms with Crippen molar-refractivity contribution in [3.63, 3.8) is 0 Å². The Bertz CT molecular complexity index is 1070. The molecular formula is C21H18ClF2N5O2. The lowest BCUT2D eigenvalue weighted by atomic mass is 10.00. The van der Waals surface area contributed by atoms with Crippen LogP contribution < -0.4 is 15.0 Å². The quantitative estimate of drug-likeness (QED) is 0.566. The number of aromatic nitrogens is 3. The first-order valence-electron chi connectivity index (χ1n) is 9.46. The molecule has 0 atom stereocenters. The number of anilines is 2. The molecule has 7 nitrogen and oxygen atoms in total. The molecule has 1 aliphatic rings. The van der Waals surface area contributed by atoms with Crippen molar-refractivity contribution < 1.29 is 18.3 Å². The Morgan fingerprint density at radius 3 is 2.48 bits per heavy atom. The fourth-order valence-electron chi connectivity index (χ4n) is 3.30. The topological polar surface area (TPSA) is 80.2 Å². The first-order chi connectivity index (χ1) is 14.8. The zero-order valence-electron chi connectivity index (χ0n) is 16.4. The van der Waals surface area contributed by atoms with Gasteiger partial charge in [0, 0.05) is 60.1 Å². The minimum atomic E-state index is -3.80. The van der Waals surface area contributed by atoms with Gasteiger partial charge in [-0.3, -0.25) is 4.79 Å². The summed E-state index contributed by atoms with van der Waals surface area (Å²) in [5.74, 6) is 0.827. The highest BCUT2D eigenvalue weighted by molar-refractivity contribution is 6.20. The van der Waals surface area contributed by atoms with Crippen molar-refractivity contribution in [2.75, 3.05) is 23.3 Å². The summed E-state index contributed by atoms with van der Waals surface area (Å²) in [5.41, 5.74) is -1.55. The van der Waals surface area contributed by atoms with Crippen molar-refractivity contribution in [2.45, 2.75) is 12.5 Å². The van der Waals surface area contributed by atoms with E-state index in [4.69, 9.17) is 11.6 Å². The van der Waals surface area contributed by atoms with Crippen LogP contribution in [0.4, 0.5) is 20.3 Å². The molecule has 31 heavy (non-hydrogen) atoms. The number of hydrogen-bond acceptors (Lipinski definition) is 6. The number of rotatable bonds is 6. The van der Waals surface area contributed by atoms with E-state index < -0.39 is 11.5 Å². The Morgan fingerprint density at radius 1 is 1.19 bits per heavy atom. The molecule has 0 spiro atoms. The first kappa shape index (κ1) is 20.9. The molecule has 0 aliphatic carbocycles. The average molecular weight is 446 g/mol. The molecule has 1 aliphatic heterocycles. The van der Waals surface area contributed by atoms with Crippen LogP contribution in [-0.2, 0) is 0 Å². The molecule has 1 amide bonds. The van der Waals surface area contributed by atoms with Crippen LogP contribution in [0, 0.1) is 5.92 Å². The summed E-state index contributed by atoms with van der Waals surface area (Å²) in [5, 5.41) is 2.71. The lowest BCUT2D eigenvalue weighted by Crippen LogP contribution is -2.45. The molecule has 0 radical (unpaired) electrons. The van der Waals surface area contributed by atoms with Crippen LogP contribution in [0.1, 0.15) is 17.3 Å². The smallest absolute Gasteiger partial charge is 0.420 e. The summed E-state index contributed by atoms with van der Waals surface area (Å²) < 4.78 is 29.7. The van der Waals surface area contributed by atoms with Gasteiger partial charge in [-0.1, -0.05) is 6.92 Å². The molecule has 10 heteroatoms. The molecule has 2 aromatic heterocycles. The second kappa shape index (κ2) is 8.43. The molecule has 3 aromatic rings. The standard InChI is InChI=1S/C21H18ClF2N5O2/c1-13-10-29(11-13)19-18(15-7-25-12-26-8-15)6-14(9-27-19)20(30)28-16-2-4-17(5-3-16)31-21(22,23)24/h2-9,12-13H,10-11H2,1H3,(H,28,30). The SMILES string of the molecule is CC1CN(c2ncc(C(=O)Nc3ccc(OC(F)(F)Cl)cc3)cc2-c2cncnc2)C1. The monoisotopic (exact) mass is 445 g/mol. The fourth-order valence-corrected chi connectivity index (χ4v) is 3.39. The number of amides is 1. The Kier molecular flexibility index (Phi) is 5.69. The van der Waals surface area contributed by atoms with Crippen molar-refractivity contribution in [1.82, 2.24) is 15.0 Å². The minimum Gasteiger partial charge on any atom is -0.420 e. The van der Waals surface area contributed by atoms with Gasteiger partial charge in [-0.25, -0.2) is 15.0 Å². The number of alkyl halides is 3. The third-order valence-corrected chi connectivity index (χ3v) is 4.79. The number of ether oxygens (including phenoxy) is 1. The molecule has 1 aromatic carbocycles. The third-order valence-electron chi connectivity index (χ3n) is 4.71. The highest BCUT2D eigenvalue weighted by atomic mass is 35.5. The van der Waals surface area contributed by atoms with E-state index >= 15 is 0 Å². The molecule has 160 valence electrons. The van der Waals surface area contributed by atoms with Gasteiger partial charge in [0.25, 0.3) is 5.91 Å². The van der Waals surface area contributed by atoms with Gasteiger partial charge in [0.2, 0.25) is 0 Å². The number of carbonyl (C=O) groups is 1. The number of pyridine rings is 1. The molecular weight excluding hydrogens is 428 g/mol. The van der Waals surface area contributed by atoms with Crippen LogP contribution in [0.2, 0.25) is 0 Å². The minimum absolute atomic E-state index is 0.126. The molecule has 1 saturated heterocycles. The Balaban J connectivity index is 1.56. The lowest BCUT2D eigenvalue weighted by Gasteiger charge is -2.39. The number of carbonyl (C=O) groups excluding carboxylic acids is 1. The molecule has 0 bridgehead atoms. The molecule has 0 saturated carbocycles. The first-order valence-corrected chi connectivity index (χ1v) is 9.84. The Labute approximate surface area is 182 Å². The van der Waals surface area contributed by atoms with Crippen molar-refractivity contribution in [3.8, 4) is 16.9 Å². The van der Waals surface area contributed by atoms with Gasteiger partial charge in [0.05, 0.1) is 5.56 Å². The van der Waals surface area contributed by atoms with E-state index in [1.54, 1.807) is 18.5 Å². The molecule has 0 unspecified atom stereocenters. The van der Waals surface area contributed by atoms with Crippen molar-refractivity contribution in [3.05, 3.63) is 60.8 Å². The van der Waals surface area contributed by atoms with E-state index in [-0.39, 0.29) is 5.75 Å². The van der Waals surface area contributed by atoms with E-state index in [0.717, 1.165) is 30.0 Å². The van der Waals surface area contributed by atoms with Gasteiger partial charge >= 0.3 is 5.57 Å². The molecule has 3 heterocycles. The number of benzene rings is 1. The average Bonchev–Trinajstić information content (AvgIpc) is 2.72. The molecule has 1 N–H and O–H groups in total. The number of nitrogens with one attached hydrogen (secondary N) is 1. The summed E-state index contributed by atoms with van der Waals surface area (Å²) in [6.07, 6.45) is 6.28. The van der Waals surface area contributed by atoms with E-state index in [2.05, 4.69) is 36.8 Å². The van der Waals surface area contributed by atoms with Crippen molar-refractivity contribution in [1.29, 1.82) is 0 Å². The number of halogens is 3. The summed E-state index contributed by atoms with van der Waals surface area (Å²) in [4.78, 5) is 27.5. The maximum atomic E-state index is 12.8. The molecule has 1 fully saturated rings. The maximum Gasteiger partial charge on any atom is 0.487 e. The number of hydrogen-bond donors (Lipinski definition) is 1. The van der Waals surface area contributed by atoms with E-state index in [1.807, 2.05) is 0 Å². The zero-order chi connectivity index (χ0) is 22.0. The van der Waals surface area contributed by atoms with Crippen LogP contribution in [0.3, 0.4) is 0 Å². The highest BCUT2D eigenvalue weighted by Crippen LogP contribution is 2.33. The second-order valence-electron chi connectivity index (χ2n) is 7.26. The largest absolute Gasteiger partial charge is 0.487 e. The lowest BCUT2D eigenvalue weighted by molar-refractivity contribution is -0.0964. The van der Waals surface area contributed by atoms with Gasteiger partial charge in [-0.2, -0.15) is 0 Å². The summed E-state index contributed by atoms with van der Waals surface area (Å²) in [6, 6.07) is 7.18. The fraction of sp³-hybridized carbons (Fsp3) is 0.238. The van der Waals surface area contributed by atoms with Gasteiger partial charge in [0.1, 0.15) is 17.9 Å². The summed E-state index contributed by atoms with van der Waals surface area (Å²) >= 11 is 4.75. The van der Waals surface area contributed by atoms with Crippen molar-refractivity contribution >= 4 is 29.0 Å². The Hall–Kier alpha value is -3.33. The van der Waals surface area contributed by atoms with Crippen LogP contribution in [-0.4, -0.2) is 39.5 Å². The van der Waals surface area contributed by atoms with Crippen LogP contribution in [0.5, 0.6) is 5.75 Å². The Morgan fingerprint density at radius 2 is 1.87 bits per heavy atom. The summed E-state index contributed by atoms with van der Waals surface area (Å²) in [7, 11) is 0. The number of nitrogens with zero attached hydrogens (tertiary/aromatic N) is 4. The van der Waals surface area contributed by atoms with Crippen LogP contribution in [0.25, 0.3) is 11.1 Å². The predicted molar refractivity (Wildman–Crippen MR) is 112 cm³/mol. The maximum absolute atomic E-state index is 12.8. The van der Waals surface area contributed by atoms with Crippen LogP contribution >= 0.6 is 11.6 Å². The van der Waals surface area contributed by atoms with Gasteiger partial charge < -0.3 is 15.0 Å². The van der Waals surface area contributed by atoms with Gasteiger partial charge in [-0.05, 0) is 36.2 Å². The van der Waals surface area contributed by atoms with E-state index in [1.165, 1.54) is 36.8 Å². The van der Waals surface area contributed by atoms with Gasteiger partial charge in [0.15, 0.2) is 0 Å². The van der Waals surface area contributed by atoms with E-state index in [9.17, 15) is 13.6 Å². The highest BCUT2D eigenvalue weighted by Gasteiger charge is 2.28. The second-order valence-corrected chi connectivity index (χ2v) is 7.70. The third kappa shape index (κ3) is 5.05. The predicted octanol–water partition coefficient (Wildman–Crippen LogP) is 4.41. The normalized spacial score (nSPS) is 14.1. The van der Waals surface area contributed by atoms with Crippen molar-refractivity contribution in [2.24, 2.45) is 5.92 Å².